The summed E-state index contributed by atoms with van der Waals surface area (Å²) in [4.78, 5) is 20.3. The zero-order valence-electron chi connectivity index (χ0n) is 14.9. The number of nitrogens with one attached hydrogen (secondary N) is 2. The van der Waals surface area contributed by atoms with Crippen LogP contribution in [0.25, 0.3) is 11.0 Å². The summed E-state index contributed by atoms with van der Waals surface area (Å²) >= 11 is 0. The van der Waals surface area contributed by atoms with Crippen molar-refractivity contribution in [1.82, 2.24) is 19.9 Å². The summed E-state index contributed by atoms with van der Waals surface area (Å²) in [7, 11) is 1.97. The highest BCUT2D eigenvalue weighted by Crippen LogP contribution is 2.19. The lowest BCUT2D eigenvalue weighted by Crippen LogP contribution is -2.26. The van der Waals surface area contributed by atoms with Gasteiger partial charge in [-0.2, -0.15) is 0 Å². The van der Waals surface area contributed by atoms with Gasteiger partial charge in [0.1, 0.15) is 5.82 Å². The van der Waals surface area contributed by atoms with Gasteiger partial charge in [-0.05, 0) is 51.0 Å². The fourth-order valence-corrected chi connectivity index (χ4v) is 2.96. The molecule has 0 unspecified atom stereocenters. The summed E-state index contributed by atoms with van der Waals surface area (Å²) < 4.78 is 2.03. The van der Waals surface area contributed by atoms with Crippen LogP contribution in [0.1, 0.15) is 38.7 Å². The van der Waals surface area contributed by atoms with Crippen LogP contribution in [-0.4, -0.2) is 27.0 Å². The molecule has 3 rings (SSSR count). The van der Waals surface area contributed by atoms with Crippen LogP contribution >= 0.6 is 0 Å². The van der Waals surface area contributed by atoms with Crippen molar-refractivity contribution in [2.45, 2.75) is 34.1 Å². The number of aryl methyl sites for hydroxylation is 3. The van der Waals surface area contributed by atoms with Crippen molar-refractivity contribution in [3.05, 3.63) is 52.1 Å². The molecule has 0 aliphatic heterocycles. The number of aromatic amines is 1. The smallest absolute Gasteiger partial charge is 0.253 e. The number of nitrogens with zero attached hydrogens (tertiary/aromatic N) is 2. The van der Waals surface area contributed by atoms with Gasteiger partial charge in [0.15, 0.2) is 0 Å². The molecule has 2 N–H and O–H groups in total. The van der Waals surface area contributed by atoms with E-state index in [1.54, 1.807) is 0 Å². The molecule has 0 atom stereocenters. The average molecular weight is 324 g/mol. The molecule has 0 radical (unpaired) electrons. The van der Waals surface area contributed by atoms with Crippen molar-refractivity contribution in [1.29, 1.82) is 0 Å². The Morgan fingerprint density at radius 2 is 2.00 bits per heavy atom. The standard InChI is InChI=1S/C19H24N4O/c1-11-6-7-16-18(13(11)3)22-17(21-16)8-9-20-19(24)15-10-12(2)23(5)14(15)4/h6-7,10H,8-9H2,1-5H3,(H,20,24)(H,21,22). The third-order valence-corrected chi connectivity index (χ3v) is 4.89. The first-order valence-corrected chi connectivity index (χ1v) is 8.24. The fraction of sp³-hybridized carbons (Fsp3) is 0.368. The number of carbonyl (C=O) groups excluding carboxylic acids is 1. The van der Waals surface area contributed by atoms with Gasteiger partial charge in [0.2, 0.25) is 0 Å². The number of fused-ring (bicyclic) bond motifs is 1. The molecule has 2 heterocycles. The predicted octanol–water partition coefficient (Wildman–Crippen LogP) is 3.11. The highest BCUT2D eigenvalue weighted by molar-refractivity contribution is 5.95. The predicted molar refractivity (Wildman–Crippen MR) is 96.5 cm³/mol. The van der Waals surface area contributed by atoms with Crippen LogP contribution in [0.2, 0.25) is 0 Å². The normalized spacial score (nSPS) is 11.2. The molecule has 0 fully saturated rings. The number of hydrogen-bond acceptors (Lipinski definition) is 2. The molecule has 126 valence electrons. The fourth-order valence-electron chi connectivity index (χ4n) is 2.96. The van der Waals surface area contributed by atoms with Gasteiger partial charge < -0.3 is 14.9 Å². The maximum absolute atomic E-state index is 12.3. The molecular weight excluding hydrogens is 300 g/mol. The molecule has 0 aliphatic carbocycles. The minimum Gasteiger partial charge on any atom is -0.352 e. The van der Waals surface area contributed by atoms with Crippen molar-refractivity contribution < 1.29 is 4.79 Å². The number of hydrogen-bond donors (Lipinski definition) is 2. The number of H-pyrrole nitrogens is 1. The van der Waals surface area contributed by atoms with E-state index in [2.05, 4.69) is 41.3 Å². The lowest BCUT2D eigenvalue weighted by molar-refractivity contribution is 0.0953. The van der Waals surface area contributed by atoms with Crippen LogP contribution in [0.5, 0.6) is 0 Å². The quantitative estimate of drug-likeness (QED) is 0.774. The second-order valence-electron chi connectivity index (χ2n) is 6.44. The van der Waals surface area contributed by atoms with Crippen molar-refractivity contribution >= 4 is 16.9 Å². The van der Waals surface area contributed by atoms with Gasteiger partial charge in [0.05, 0.1) is 16.6 Å². The zero-order valence-corrected chi connectivity index (χ0v) is 14.9. The lowest BCUT2D eigenvalue weighted by atomic mass is 10.1. The molecule has 5 nitrogen and oxygen atoms in total. The molecular formula is C19H24N4O. The van der Waals surface area contributed by atoms with E-state index in [0.29, 0.717) is 13.0 Å². The molecule has 0 aliphatic rings. The van der Waals surface area contributed by atoms with E-state index in [1.807, 2.05) is 31.5 Å². The molecule has 0 saturated heterocycles. The van der Waals surface area contributed by atoms with Crippen LogP contribution < -0.4 is 5.32 Å². The first-order valence-electron chi connectivity index (χ1n) is 8.24. The van der Waals surface area contributed by atoms with E-state index in [9.17, 15) is 4.79 Å². The van der Waals surface area contributed by atoms with Gasteiger partial charge in [-0.15, -0.1) is 0 Å². The van der Waals surface area contributed by atoms with Gasteiger partial charge in [0.25, 0.3) is 5.91 Å². The SMILES string of the molecule is Cc1ccc2[nH]c(CCNC(=O)c3cc(C)n(C)c3C)nc2c1C. The molecule has 5 heteroatoms. The number of amides is 1. The Morgan fingerprint density at radius 1 is 1.25 bits per heavy atom. The highest BCUT2D eigenvalue weighted by atomic mass is 16.1. The molecule has 24 heavy (non-hydrogen) atoms. The molecule has 2 aromatic heterocycles. The molecule has 1 aromatic carbocycles. The summed E-state index contributed by atoms with van der Waals surface area (Å²) in [6.45, 7) is 8.71. The van der Waals surface area contributed by atoms with Crippen molar-refractivity contribution in [2.24, 2.45) is 7.05 Å². The van der Waals surface area contributed by atoms with E-state index < -0.39 is 0 Å². The van der Waals surface area contributed by atoms with E-state index in [-0.39, 0.29) is 5.91 Å². The topological polar surface area (TPSA) is 62.7 Å². The van der Waals surface area contributed by atoms with Crippen molar-refractivity contribution in [3.8, 4) is 0 Å². The minimum atomic E-state index is -0.0284. The molecule has 0 spiro atoms. The largest absolute Gasteiger partial charge is 0.352 e. The van der Waals surface area contributed by atoms with Crippen LogP contribution in [0.4, 0.5) is 0 Å². The van der Waals surface area contributed by atoms with Crippen LogP contribution in [0, 0.1) is 27.7 Å². The summed E-state index contributed by atoms with van der Waals surface area (Å²) in [5, 5.41) is 2.99. The maximum Gasteiger partial charge on any atom is 0.253 e. The third kappa shape index (κ3) is 2.82. The minimum absolute atomic E-state index is 0.0284. The summed E-state index contributed by atoms with van der Waals surface area (Å²) in [5.74, 6) is 0.874. The van der Waals surface area contributed by atoms with Gasteiger partial charge in [-0.3, -0.25) is 4.79 Å². The summed E-state index contributed by atoms with van der Waals surface area (Å²) in [6, 6.07) is 6.09. The third-order valence-electron chi connectivity index (χ3n) is 4.89. The Morgan fingerprint density at radius 3 is 2.67 bits per heavy atom. The van der Waals surface area contributed by atoms with Crippen LogP contribution in [0.3, 0.4) is 0 Å². The van der Waals surface area contributed by atoms with E-state index >= 15 is 0 Å². The number of aromatic nitrogens is 3. The van der Waals surface area contributed by atoms with E-state index in [1.165, 1.54) is 11.1 Å². The zero-order chi connectivity index (χ0) is 17.4. The monoisotopic (exact) mass is 324 g/mol. The molecule has 3 aromatic rings. The Kier molecular flexibility index (Phi) is 4.18. The lowest BCUT2D eigenvalue weighted by Gasteiger charge is -2.04. The number of carbonyl (C=O) groups is 1. The highest BCUT2D eigenvalue weighted by Gasteiger charge is 2.14. The Balaban J connectivity index is 1.67. The second-order valence-corrected chi connectivity index (χ2v) is 6.44. The van der Waals surface area contributed by atoms with E-state index in [0.717, 1.165) is 33.8 Å². The molecule has 1 amide bonds. The first-order chi connectivity index (χ1) is 11.4. The average Bonchev–Trinajstić information content (AvgIpc) is 3.08. The second kappa shape index (κ2) is 6.15. The molecule has 0 saturated carbocycles. The Bertz CT molecular complexity index is 917. The number of benzene rings is 1. The van der Waals surface area contributed by atoms with Gasteiger partial charge in [0, 0.05) is 31.4 Å². The van der Waals surface area contributed by atoms with E-state index in [4.69, 9.17) is 0 Å². The summed E-state index contributed by atoms with van der Waals surface area (Å²) in [6.07, 6.45) is 0.684. The maximum atomic E-state index is 12.3. The van der Waals surface area contributed by atoms with Gasteiger partial charge >= 0.3 is 0 Å². The summed E-state index contributed by atoms with van der Waals surface area (Å²) in [5.41, 5.74) is 7.32. The van der Waals surface area contributed by atoms with Crippen LogP contribution in [0.15, 0.2) is 18.2 Å². The Labute approximate surface area is 142 Å². The van der Waals surface area contributed by atoms with Gasteiger partial charge in [-0.1, -0.05) is 6.07 Å². The molecule has 0 bridgehead atoms. The first kappa shape index (κ1) is 16.3. The number of rotatable bonds is 4. The van der Waals surface area contributed by atoms with Crippen molar-refractivity contribution in [3.63, 3.8) is 0 Å². The number of imidazole rings is 1. The van der Waals surface area contributed by atoms with Crippen molar-refractivity contribution in [2.75, 3.05) is 6.54 Å². The van der Waals surface area contributed by atoms with Crippen LogP contribution in [-0.2, 0) is 13.5 Å². The van der Waals surface area contributed by atoms with Gasteiger partial charge in [-0.25, -0.2) is 4.98 Å². The Hall–Kier alpha value is -2.56.